The van der Waals surface area contributed by atoms with Crippen LogP contribution in [0.3, 0.4) is 0 Å². The van der Waals surface area contributed by atoms with Crippen LogP contribution in [0.4, 0.5) is 0 Å². The van der Waals surface area contributed by atoms with E-state index in [2.05, 4.69) is 10.6 Å². The highest BCUT2D eigenvalue weighted by Gasteiger charge is 2.34. The van der Waals surface area contributed by atoms with Crippen LogP contribution in [0.2, 0.25) is 0 Å². The van der Waals surface area contributed by atoms with Gasteiger partial charge in [-0.05, 0) is 37.8 Å². The number of hydrogen-bond donors (Lipinski definition) is 2. The number of benzene rings is 1. The van der Waals surface area contributed by atoms with E-state index < -0.39 is 0 Å². The second-order valence-electron chi connectivity index (χ2n) is 6.88. The quantitative estimate of drug-likeness (QED) is 0.855. The lowest BCUT2D eigenvalue weighted by Gasteiger charge is -2.38. The summed E-state index contributed by atoms with van der Waals surface area (Å²) in [4.78, 5) is 26.9. The summed E-state index contributed by atoms with van der Waals surface area (Å²) in [5, 5.41) is 6.27. The van der Waals surface area contributed by atoms with Gasteiger partial charge in [-0.15, -0.1) is 0 Å². The molecule has 0 radical (unpaired) electrons. The van der Waals surface area contributed by atoms with Gasteiger partial charge in [-0.25, -0.2) is 0 Å². The molecular formula is C19H27N3O3. The van der Waals surface area contributed by atoms with Gasteiger partial charge in [0.2, 0.25) is 5.91 Å². The number of nitrogens with one attached hydrogen (secondary N) is 2. The van der Waals surface area contributed by atoms with Gasteiger partial charge in [0.25, 0.3) is 5.91 Å². The van der Waals surface area contributed by atoms with Crippen molar-refractivity contribution in [2.75, 3.05) is 32.8 Å². The van der Waals surface area contributed by atoms with Gasteiger partial charge in [0.15, 0.2) is 0 Å². The second kappa shape index (κ2) is 8.45. The van der Waals surface area contributed by atoms with E-state index in [0.29, 0.717) is 37.7 Å². The van der Waals surface area contributed by atoms with Gasteiger partial charge in [0, 0.05) is 31.7 Å². The Balaban J connectivity index is 1.51. The highest BCUT2D eigenvalue weighted by molar-refractivity contribution is 5.94. The molecule has 25 heavy (non-hydrogen) atoms. The van der Waals surface area contributed by atoms with Crippen LogP contribution in [0.1, 0.15) is 30.1 Å². The average Bonchev–Trinajstić information content (AvgIpc) is 2.67. The van der Waals surface area contributed by atoms with Gasteiger partial charge in [0.05, 0.1) is 12.7 Å². The van der Waals surface area contributed by atoms with Crippen molar-refractivity contribution in [3.8, 4) is 0 Å². The van der Waals surface area contributed by atoms with E-state index in [0.717, 1.165) is 19.4 Å². The number of piperidine rings is 1. The van der Waals surface area contributed by atoms with Gasteiger partial charge in [-0.3, -0.25) is 9.59 Å². The van der Waals surface area contributed by atoms with Crippen molar-refractivity contribution in [1.82, 2.24) is 15.5 Å². The molecule has 0 aliphatic carbocycles. The van der Waals surface area contributed by atoms with E-state index in [1.807, 2.05) is 42.2 Å². The number of carbonyl (C=O) groups excluding carboxylic acids is 2. The summed E-state index contributed by atoms with van der Waals surface area (Å²) in [6.45, 7) is 5.38. The molecule has 136 valence electrons. The Morgan fingerprint density at radius 3 is 2.88 bits per heavy atom. The number of rotatable bonds is 4. The summed E-state index contributed by atoms with van der Waals surface area (Å²) in [7, 11) is 0. The van der Waals surface area contributed by atoms with E-state index in [-0.39, 0.29) is 24.0 Å². The fraction of sp³-hybridized carbons (Fsp3) is 0.579. The Morgan fingerprint density at radius 1 is 1.32 bits per heavy atom. The summed E-state index contributed by atoms with van der Waals surface area (Å²) < 4.78 is 5.59. The highest BCUT2D eigenvalue weighted by Crippen LogP contribution is 2.18. The maximum Gasteiger partial charge on any atom is 0.251 e. The van der Waals surface area contributed by atoms with Crippen LogP contribution < -0.4 is 10.6 Å². The lowest BCUT2D eigenvalue weighted by molar-refractivity contribution is -0.141. The summed E-state index contributed by atoms with van der Waals surface area (Å²) in [5.74, 6) is 0.358. The third kappa shape index (κ3) is 4.58. The van der Waals surface area contributed by atoms with Crippen LogP contribution >= 0.6 is 0 Å². The maximum atomic E-state index is 12.8. The molecule has 2 aliphatic heterocycles. The third-order valence-electron chi connectivity index (χ3n) is 5.00. The van der Waals surface area contributed by atoms with E-state index in [1.54, 1.807) is 0 Å². The first-order valence-corrected chi connectivity index (χ1v) is 9.12. The number of morpholine rings is 1. The minimum atomic E-state index is -0.258. The molecule has 3 rings (SSSR count). The van der Waals surface area contributed by atoms with Crippen molar-refractivity contribution in [3.63, 3.8) is 0 Å². The standard InChI is InChI=1S/C19H27N3O3/c1-14-17(20-9-11-25-14)19(24)22-10-5-6-15(13-22)12-21-18(23)16-7-3-2-4-8-16/h2-4,7-8,14-15,17,20H,5-6,9-13H2,1H3,(H,21,23)/t14-,15?,17+/m1/s1. The molecule has 2 heterocycles. The van der Waals surface area contributed by atoms with Crippen LogP contribution in [0.15, 0.2) is 30.3 Å². The van der Waals surface area contributed by atoms with Gasteiger partial charge in [-0.1, -0.05) is 18.2 Å². The van der Waals surface area contributed by atoms with E-state index in [9.17, 15) is 9.59 Å². The second-order valence-corrected chi connectivity index (χ2v) is 6.88. The normalized spacial score (nSPS) is 26.9. The number of ether oxygens (including phenoxy) is 1. The van der Waals surface area contributed by atoms with Crippen molar-refractivity contribution in [1.29, 1.82) is 0 Å². The molecule has 0 spiro atoms. The van der Waals surface area contributed by atoms with Crippen LogP contribution in [0, 0.1) is 5.92 Å². The zero-order valence-electron chi connectivity index (χ0n) is 14.7. The monoisotopic (exact) mass is 345 g/mol. The molecule has 6 heteroatoms. The number of nitrogens with zero attached hydrogens (tertiary/aromatic N) is 1. The molecule has 1 unspecified atom stereocenters. The molecule has 0 aromatic heterocycles. The molecule has 6 nitrogen and oxygen atoms in total. The molecule has 2 aliphatic rings. The van der Waals surface area contributed by atoms with Crippen LogP contribution in [0.5, 0.6) is 0 Å². The smallest absolute Gasteiger partial charge is 0.251 e. The molecule has 1 aromatic carbocycles. The first-order valence-electron chi connectivity index (χ1n) is 9.12. The highest BCUT2D eigenvalue weighted by atomic mass is 16.5. The van der Waals surface area contributed by atoms with Gasteiger partial charge >= 0.3 is 0 Å². The lowest BCUT2D eigenvalue weighted by atomic mass is 9.96. The SMILES string of the molecule is C[C@H]1OCCN[C@@H]1C(=O)N1CCCC(CNC(=O)c2ccccc2)C1. The van der Waals surface area contributed by atoms with Crippen molar-refractivity contribution in [3.05, 3.63) is 35.9 Å². The Kier molecular flexibility index (Phi) is 6.04. The van der Waals surface area contributed by atoms with Gasteiger partial charge < -0.3 is 20.3 Å². The zero-order chi connectivity index (χ0) is 17.6. The summed E-state index contributed by atoms with van der Waals surface area (Å²) in [6.07, 6.45) is 1.90. The molecular weight excluding hydrogens is 318 g/mol. The average molecular weight is 345 g/mol. The first-order chi connectivity index (χ1) is 12.1. The topological polar surface area (TPSA) is 70.7 Å². The summed E-state index contributed by atoms with van der Waals surface area (Å²) in [5.41, 5.74) is 0.670. The minimum absolute atomic E-state index is 0.0555. The Labute approximate surface area is 148 Å². The van der Waals surface area contributed by atoms with Crippen molar-refractivity contribution < 1.29 is 14.3 Å². The van der Waals surface area contributed by atoms with E-state index >= 15 is 0 Å². The largest absolute Gasteiger partial charge is 0.375 e. The molecule has 2 saturated heterocycles. The number of likely N-dealkylation sites (tertiary alicyclic amines) is 1. The predicted octanol–water partition coefficient (Wildman–Crippen LogP) is 1.03. The minimum Gasteiger partial charge on any atom is -0.375 e. The van der Waals surface area contributed by atoms with Crippen LogP contribution in [-0.2, 0) is 9.53 Å². The Morgan fingerprint density at radius 2 is 2.12 bits per heavy atom. The van der Waals surface area contributed by atoms with Crippen molar-refractivity contribution in [2.24, 2.45) is 5.92 Å². The van der Waals surface area contributed by atoms with Crippen LogP contribution in [-0.4, -0.2) is 61.6 Å². The molecule has 2 fully saturated rings. The molecule has 2 amide bonds. The molecule has 0 bridgehead atoms. The van der Waals surface area contributed by atoms with Gasteiger partial charge in [-0.2, -0.15) is 0 Å². The fourth-order valence-electron chi connectivity index (χ4n) is 3.57. The van der Waals surface area contributed by atoms with E-state index in [1.165, 1.54) is 0 Å². The van der Waals surface area contributed by atoms with Gasteiger partial charge in [0.1, 0.15) is 6.04 Å². The third-order valence-corrected chi connectivity index (χ3v) is 5.00. The molecule has 0 saturated carbocycles. The number of hydrogen-bond acceptors (Lipinski definition) is 4. The Hall–Kier alpha value is -1.92. The summed E-state index contributed by atoms with van der Waals surface area (Å²) in [6, 6.07) is 8.97. The van der Waals surface area contributed by atoms with Crippen LogP contribution in [0.25, 0.3) is 0 Å². The predicted molar refractivity (Wildman–Crippen MR) is 95.3 cm³/mol. The van der Waals surface area contributed by atoms with E-state index in [4.69, 9.17) is 4.74 Å². The van der Waals surface area contributed by atoms with Crippen molar-refractivity contribution in [2.45, 2.75) is 31.9 Å². The fourth-order valence-corrected chi connectivity index (χ4v) is 3.57. The maximum absolute atomic E-state index is 12.8. The lowest BCUT2D eigenvalue weighted by Crippen LogP contribution is -2.58. The number of carbonyl (C=O) groups is 2. The molecule has 3 atom stereocenters. The summed E-state index contributed by atoms with van der Waals surface area (Å²) >= 11 is 0. The Bertz CT molecular complexity index is 593. The molecule has 2 N–H and O–H groups in total. The molecule has 1 aromatic rings. The zero-order valence-corrected chi connectivity index (χ0v) is 14.7. The first kappa shape index (κ1) is 17.9. The number of amides is 2. The van der Waals surface area contributed by atoms with Crippen molar-refractivity contribution >= 4 is 11.8 Å².